The Morgan fingerprint density at radius 3 is 2.44 bits per heavy atom. The molecular weight excluding hydrogens is 389 g/mol. The summed E-state index contributed by atoms with van der Waals surface area (Å²) in [6.07, 6.45) is 0. The summed E-state index contributed by atoms with van der Waals surface area (Å²) in [4.78, 5) is 11.9. The van der Waals surface area contributed by atoms with Crippen LogP contribution >= 0.6 is 23.2 Å². The third-order valence-electron chi connectivity index (χ3n) is 3.56. The van der Waals surface area contributed by atoms with E-state index in [2.05, 4.69) is 4.74 Å². The van der Waals surface area contributed by atoms with Gasteiger partial charge >= 0.3 is 5.97 Å². The van der Waals surface area contributed by atoms with Crippen molar-refractivity contribution in [3.63, 3.8) is 0 Å². The summed E-state index contributed by atoms with van der Waals surface area (Å²) in [5.74, 6) is -0.896. The molecule has 0 unspecified atom stereocenters. The fraction of sp³-hybridized carbons (Fsp3) is 0.0625. The fourth-order valence-corrected chi connectivity index (χ4v) is 4.32. The number of hydrogen-bond donors (Lipinski definition) is 1. The highest BCUT2D eigenvalue weighted by atomic mass is 35.5. The highest BCUT2D eigenvalue weighted by molar-refractivity contribution is 7.90. The van der Waals surface area contributed by atoms with E-state index in [9.17, 15) is 18.3 Å². The van der Waals surface area contributed by atoms with Crippen molar-refractivity contribution in [3.05, 3.63) is 58.2 Å². The highest BCUT2D eigenvalue weighted by Crippen LogP contribution is 2.31. The molecule has 2 aromatic carbocycles. The van der Waals surface area contributed by atoms with Gasteiger partial charge in [0.15, 0.2) is 0 Å². The molecule has 0 spiro atoms. The first-order valence-corrected chi connectivity index (χ1v) is 9.08. The molecule has 0 fully saturated rings. The SMILES string of the molecule is COC(=O)c1cc2cc(O)ccc2n1S(=O)(=O)c1ccc(Cl)c(Cl)c1. The zero-order valence-corrected chi connectivity index (χ0v) is 15.1. The van der Waals surface area contributed by atoms with E-state index < -0.39 is 16.0 Å². The van der Waals surface area contributed by atoms with Crippen LogP contribution < -0.4 is 0 Å². The third-order valence-corrected chi connectivity index (χ3v) is 6.03. The van der Waals surface area contributed by atoms with Crippen molar-refractivity contribution in [2.45, 2.75) is 4.90 Å². The van der Waals surface area contributed by atoms with Crippen LogP contribution in [0.1, 0.15) is 10.5 Å². The van der Waals surface area contributed by atoms with Gasteiger partial charge in [0, 0.05) is 5.39 Å². The number of carbonyl (C=O) groups is 1. The van der Waals surface area contributed by atoms with Gasteiger partial charge in [0.1, 0.15) is 11.4 Å². The van der Waals surface area contributed by atoms with Crippen LogP contribution in [0.15, 0.2) is 47.4 Å². The largest absolute Gasteiger partial charge is 0.508 e. The van der Waals surface area contributed by atoms with E-state index in [0.29, 0.717) is 5.39 Å². The van der Waals surface area contributed by atoms with Gasteiger partial charge in [0.2, 0.25) is 0 Å². The van der Waals surface area contributed by atoms with E-state index in [0.717, 1.165) is 11.1 Å². The molecule has 3 aromatic rings. The van der Waals surface area contributed by atoms with Crippen molar-refractivity contribution in [1.29, 1.82) is 0 Å². The van der Waals surface area contributed by atoms with E-state index in [4.69, 9.17) is 23.2 Å². The van der Waals surface area contributed by atoms with E-state index in [-0.39, 0.29) is 31.9 Å². The molecule has 0 atom stereocenters. The van der Waals surface area contributed by atoms with Crippen LogP contribution in [-0.4, -0.2) is 30.6 Å². The number of aromatic nitrogens is 1. The first-order valence-electron chi connectivity index (χ1n) is 6.89. The lowest BCUT2D eigenvalue weighted by atomic mass is 10.2. The number of benzene rings is 2. The second-order valence-electron chi connectivity index (χ2n) is 5.11. The van der Waals surface area contributed by atoms with Crippen LogP contribution in [0, 0.1) is 0 Å². The van der Waals surface area contributed by atoms with Crippen LogP contribution in [0.4, 0.5) is 0 Å². The lowest BCUT2D eigenvalue weighted by molar-refractivity contribution is 0.0593. The minimum Gasteiger partial charge on any atom is -0.508 e. The van der Waals surface area contributed by atoms with Gasteiger partial charge in [0.25, 0.3) is 10.0 Å². The van der Waals surface area contributed by atoms with Gasteiger partial charge in [-0.25, -0.2) is 17.2 Å². The molecule has 1 N–H and O–H groups in total. The first-order chi connectivity index (χ1) is 11.8. The van der Waals surface area contributed by atoms with Gasteiger partial charge in [-0.1, -0.05) is 23.2 Å². The quantitative estimate of drug-likeness (QED) is 0.678. The number of nitrogens with zero attached hydrogens (tertiary/aromatic N) is 1. The van der Waals surface area contributed by atoms with E-state index >= 15 is 0 Å². The number of phenolic OH excluding ortho intramolecular Hbond substituents is 1. The lowest BCUT2D eigenvalue weighted by Gasteiger charge is -2.11. The minimum atomic E-state index is -4.17. The number of methoxy groups -OCH3 is 1. The standard InChI is InChI=1S/C16H11Cl2NO5S/c1-24-16(21)15-7-9-6-10(20)2-5-14(9)19(15)25(22,23)11-3-4-12(17)13(18)8-11/h2-8,20H,1H3. The maximum atomic E-state index is 13.1. The topological polar surface area (TPSA) is 85.6 Å². The monoisotopic (exact) mass is 399 g/mol. The van der Waals surface area contributed by atoms with Crippen LogP contribution in [0.3, 0.4) is 0 Å². The predicted molar refractivity (Wildman–Crippen MR) is 94.0 cm³/mol. The third kappa shape index (κ3) is 2.95. The predicted octanol–water partition coefficient (Wildman–Crippen LogP) is 3.68. The molecule has 0 bridgehead atoms. The van der Waals surface area contributed by atoms with E-state index in [1.54, 1.807) is 0 Å². The molecule has 0 radical (unpaired) electrons. The number of carbonyl (C=O) groups excluding carboxylic acids is 1. The van der Waals surface area contributed by atoms with Crippen molar-refractivity contribution in [2.75, 3.05) is 7.11 Å². The Hall–Kier alpha value is -2.22. The number of rotatable bonds is 3. The number of hydrogen-bond acceptors (Lipinski definition) is 5. The summed E-state index contributed by atoms with van der Waals surface area (Å²) in [6, 6.07) is 9.24. The van der Waals surface area contributed by atoms with Crippen molar-refractivity contribution in [2.24, 2.45) is 0 Å². The van der Waals surface area contributed by atoms with E-state index in [1.807, 2.05) is 0 Å². The van der Waals surface area contributed by atoms with Gasteiger partial charge in [-0.2, -0.15) is 0 Å². The Morgan fingerprint density at radius 2 is 1.80 bits per heavy atom. The van der Waals surface area contributed by atoms with E-state index in [1.165, 1.54) is 42.5 Å². The van der Waals surface area contributed by atoms with Gasteiger partial charge in [-0.3, -0.25) is 0 Å². The molecule has 0 aliphatic carbocycles. The van der Waals surface area contributed by atoms with Crippen LogP contribution in [0.5, 0.6) is 5.75 Å². The number of esters is 1. The lowest BCUT2D eigenvalue weighted by Crippen LogP contribution is -2.19. The number of ether oxygens (including phenoxy) is 1. The molecule has 6 nitrogen and oxygen atoms in total. The molecule has 1 aromatic heterocycles. The summed E-state index contributed by atoms with van der Waals surface area (Å²) in [5.41, 5.74) is 0.0124. The first kappa shape index (κ1) is 17.6. The zero-order valence-electron chi connectivity index (χ0n) is 12.7. The number of halogens is 2. The van der Waals surface area contributed by atoms with Crippen LogP contribution in [0.25, 0.3) is 10.9 Å². The Labute approximate surface area is 153 Å². The summed E-state index contributed by atoms with van der Waals surface area (Å²) >= 11 is 11.8. The molecular formula is C16H11Cl2NO5S. The molecule has 1 heterocycles. The number of fused-ring (bicyclic) bond motifs is 1. The molecule has 3 rings (SSSR count). The van der Waals surface area contributed by atoms with Crippen LogP contribution in [0.2, 0.25) is 10.0 Å². The van der Waals surface area contributed by atoms with Gasteiger partial charge in [0.05, 0.1) is 27.6 Å². The van der Waals surface area contributed by atoms with Gasteiger partial charge < -0.3 is 9.84 Å². The number of aromatic hydroxyl groups is 1. The smallest absolute Gasteiger partial charge is 0.355 e. The van der Waals surface area contributed by atoms with Crippen molar-refractivity contribution in [3.8, 4) is 5.75 Å². The van der Waals surface area contributed by atoms with Crippen molar-refractivity contribution < 1.29 is 23.1 Å². The second kappa shape index (κ2) is 6.25. The summed E-state index contributed by atoms with van der Waals surface area (Å²) in [6.45, 7) is 0. The van der Waals surface area contributed by atoms with Crippen molar-refractivity contribution in [1.82, 2.24) is 3.97 Å². The summed E-state index contributed by atoms with van der Waals surface area (Å²) < 4.78 is 31.7. The maximum absolute atomic E-state index is 13.1. The van der Waals surface area contributed by atoms with Crippen LogP contribution in [-0.2, 0) is 14.8 Å². The van der Waals surface area contributed by atoms with Gasteiger partial charge in [-0.05, 0) is 42.5 Å². The zero-order chi connectivity index (χ0) is 18.4. The average Bonchev–Trinajstić information content (AvgIpc) is 2.95. The molecule has 0 saturated carbocycles. The number of phenols is 1. The second-order valence-corrected chi connectivity index (χ2v) is 7.71. The van der Waals surface area contributed by atoms with Gasteiger partial charge in [-0.15, -0.1) is 0 Å². The summed E-state index contributed by atoms with van der Waals surface area (Å²) in [7, 11) is -3.02. The Kier molecular flexibility index (Phi) is 4.40. The normalized spacial score (nSPS) is 11.6. The molecule has 0 amide bonds. The fourth-order valence-electron chi connectivity index (χ4n) is 2.43. The molecule has 0 aliphatic rings. The summed E-state index contributed by atoms with van der Waals surface area (Å²) in [5, 5.41) is 10.2. The molecule has 0 saturated heterocycles. The molecule has 9 heteroatoms. The maximum Gasteiger partial charge on any atom is 0.355 e. The molecule has 130 valence electrons. The highest BCUT2D eigenvalue weighted by Gasteiger charge is 2.27. The molecule has 0 aliphatic heterocycles. The Morgan fingerprint density at radius 1 is 1.08 bits per heavy atom. The minimum absolute atomic E-state index is 0.0620. The molecule has 25 heavy (non-hydrogen) atoms. The van der Waals surface area contributed by atoms with Crippen molar-refractivity contribution >= 4 is 50.1 Å². The Bertz CT molecular complexity index is 1110. The Balaban J connectivity index is 2.35. The average molecular weight is 400 g/mol.